The zero-order chi connectivity index (χ0) is 15.2. The number of ether oxygens (including phenoxy) is 1. The zero-order valence-corrected chi connectivity index (χ0v) is 14.8. The Morgan fingerprint density at radius 1 is 1.50 bits per heavy atom. The number of alkyl halides is 2. The van der Waals surface area contributed by atoms with Crippen LogP contribution in [0.15, 0.2) is 42.6 Å². The number of aromatic nitrogens is 1. The van der Waals surface area contributed by atoms with Gasteiger partial charge >= 0.3 is 129 Å². The van der Waals surface area contributed by atoms with Crippen LogP contribution in [-0.2, 0) is 0 Å². The molecule has 112 valence electrons. The van der Waals surface area contributed by atoms with Crippen molar-refractivity contribution in [1.29, 1.82) is 0 Å². The van der Waals surface area contributed by atoms with Gasteiger partial charge in [0.15, 0.2) is 0 Å². The van der Waals surface area contributed by atoms with Crippen molar-refractivity contribution in [1.82, 2.24) is 4.98 Å². The molecule has 0 N–H and O–H groups in total. The quantitative estimate of drug-likeness (QED) is 0.312. The molecule has 0 fully saturated rings. The first-order valence-electron chi connectivity index (χ1n) is 6.42. The molecule has 1 heterocycles. The molecule has 4 heteroatoms. The van der Waals surface area contributed by atoms with E-state index in [4.69, 9.17) is 4.74 Å². The van der Waals surface area contributed by atoms with Gasteiger partial charge in [0.1, 0.15) is 0 Å². The van der Waals surface area contributed by atoms with E-state index in [0.29, 0.717) is 12.4 Å². The van der Waals surface area contributed by atoms with Crippen LogP contribution in [0.1, 0.15) is 13.8 Å². The number of allylic oxidation sites excluding steroid dienone is 1. The Bertz CT molecular complexity index is 468. The molecule has 0 radical (unpaired) electrons. The molecule has 1 atom stereocenters. The summed E-state index contributed by atoms with van der Waals surface area (Å²) in [6.07, 6.45) is 5.50. The molecular formula is C16H23INO2-. The van der Waals surface area contributed by atoms with Gasteiger partial charge in [-0.3, -0.25) is 0 Å². The summed E-state index contributed by atoms with van der Waals surface area (Å²) in [4.78, 5) is 8.93. The van der Waals surface area contributed by atoms with Gasteiger partial charge in [0, 0.05) is 0 Å². The van der Waals surface area contributed by atoms with E-state index in [1.54, 1.807) is 6.20 Å². The average molecular weight is 388 g/mol. The Labute approximate surface area is 129 Å². The van der Waals surface area contributed by atoms with Crippen LogP contribution >= 0.6 is 19.8 Å². The third-order valence-corrected chi connectivity index (χ3v) is 6.03. The van der Waals surface area contributed by atoms with Crippen molar-refractivity contribution in [2.75, 3.05) is 23.1 Å². The van der Waals surface area contributed by atoms with Gasteiger partial charge in [0.2, 0.25) is 0 Å². The van der Waals surface area contributed by atoms with E-state index in [0.717, 1.165) is 5.57 Å². The van der Waals surface area contributed by atoms with Gasteiger partial charge in [-0.05, 0) is 0 Å². The summed E-state index contributed by atoms with van der Waals surface area (Å²) in [7, 11) is 0. The van der Waals surface area contributed by atoms with E-state index in [1.807, 2.05) is 38.1 Å². The first-order chi connectivity index (χ1) is 9.45. The molecule has 1 unspecified atom stereocenters. The molecule has 0 spiro atoms. The van der Waals surface area contributed by atoms with Crippen LogP contribution < -0.4 is 9.84 Å². The van der Waals surface area contributed by atoms with E-state index in [1.165, 1.54) is 3.70 Å². The van der Waals surface area contributed by atoms with Crippen LogP contribution in [0.25, 0.3) is 0 Å². The maximum atomic E-state index is 11.5. The molecule has 0 saturated carbocycles. The van der Waals surface area contributed by atoms with Crippen LogP contribution in [0.2, 0.25) is 0 Å². The van der Waals surface area contributed by atoms with E-state index in [-0.39, 0.29) is 6.61 Å². The molecule has 1 aromatic rings. The fraction of sp³-hybridized carbons (Fsp3) is 0.438. The molecule has 0 aliphatic rings. The monoisotopic (exact) mass is 388 g/mol. The van der Waals surface area contributed by atoms with Crippen molar-refractivity contribution >= 4 is 19.8 Å². The average Bonchev–Trinajstić information content (AvgIpc) is 2.43. The number of pyridine rings is 1. The molecule has 1 rings (SSSR count). The molecule has 0 aromatic carbocycles. The van der Waals surface area contributed by atoms with E-state index in [2.05, 4.69) is 21.4 Å². The van der Waals surface area contributed by atoms with Crippen molar-refractivity contribution in [3.05, 3.63) is 46.3 Å². The van der Waals surface area contributed by atoms with Gasteiger partial charge in [0.05, 0.1) is 0 Å². The molecule has 0 saturated heterocycles. The Hall–Kier alpha value is -0.880. The summed E-state index contributed by atoms with van der Waals surface area (Å²) < 4.78 is 6.94. The maximum absolute atomic E-state index is 11.5. The Morgan fingerprint density at radius 2 is 2.20 bits per heavy atom. The van der Waals surface area contributed by atoms with Crippen molar-refractivity contribution < 1.29 is 9.84 Å². The number of halogens is 1. The van der Waals surface area contributed by atoms with Gasteiger partial charge in [-0.25, -0.2) is 0 Å². The van der Waals surface area contributed by atoms with Gasteiger partial charge in [-0.1, -0.05) is 0 Å². The third kappa shape index (κ3) is 4.31. The fourth-order valence-corrected chi connectivity index (χ4v) is 3.32. The SMILES string of the molecule is C=C(C)C(/C=C/C)(C[O-])COc1ccc(I(C)C)nc1. The predicted octanol–water partition coefficient (Wildman–Crippen LogP) is 2.89. The minimum atomic E-state index is -1.04. The fourth-order valence-electron chi connectivity index (χ4n) is 1.73. The van der Waals surface area contributed by atoms with E-state index in [9.17, 15) is 5.11 Å². The second-order valence-corrected chi connectivity index (χ2v) is 10.4. The van der Waals surface area contributed by atoms with E-state index >= 15 is 0 Å². The van der Waals surface area contributed by atoms with Crippen LogP contribution in [0.5, 0.6) is 5.75 Å². The van der Waals surface area contributed by atoms with Crippen molar-refractivity contribution in [2.45, 2.75) is 13.8 Å². The molecular weight excluding hydrogens is 365 g/mol. The molecule has 1 aromatic heterocycles. The summed E-state index contributed by atoms with van der Waals surface area (Å²) in [5.41, 5.74) is 0.187. The third-order valence-electron chi connectivity index (χ3n) is 3.18. The normalized spacial score (nSPS) is 14.9. The summed E-state index contributed by atoms with van der Waals surface area (Å²) in [5.74, 6) is 0.704. The predicted molar refractivity (Wildman–Crippen MR) is 91.2 cm³/mol. The van der Waals surface area contributed by atoms with Crippen LogP contribution in [0, 0.1) is 9.12 Å². The molecule has 20 heavy (non-hydrogen) atoms. The summed E-state index contributed by atoms with van der Waals surface area (Å²) >= 11 is -1.04. The number of hydrogen-bond acceptors (Lipinski definition) is 3. The molecule has 0 aliphatic carbocycles. The number of nitrogens with zero attached hydrogens (tertiary/aromatic N) is 1. The van der Waals surface area contributed by atoms with Gasteiger partial charge in [0.25, 0.3) is 0 Å². The molecule has 0 amide bonds. The summed E-state index contributed by atoms with van der Waals surface area (Å²) in [5, 5.41) is 11.5. The summed E-state index contributed by atoms with van der Waals surface area (Å²) in [6.45, 7) is 7.73. The van der Waals surface area contributed by atoms with Gasteiger partial charge < -0.3 is 0 Å². The standard InChI is InChI=1S/C16H23INO2/c1-6-9-16(11-19,13(2)3)12-20-14-7-8-15(17(4)5)18-10-14/h6-10H,2,11-12H2,1,3-5H3/q-1/b9-6+. The Kier molecular flexibility index (Phi) is 6.68. The van der Waals surface area contributed by atoms with Crippen molar-refractivity contribution in [3.63, 3.8) is 0 Å². The Morgan fingerprint density at radius 3 is 2.60 bits per heavy atom. The Balaban J connectivity index is 2.80. The van der Waals surface area contributed by atoms with Crippen LogP contribution in [0.3, 0.4) is 0 Å². The second-order valence-electron chi connectivity index (χ2n) is 4.94. The van der Waals surface area contributed by atoms with Crippen molar-refractivity contribution in [2.24, 2.45) is 5.41 Å². The molecule has 3 nitrogen and oxygen atoms in total. The first kappa shape index (κ1) is 17.2. The zero-order valence-electron chi connectivity index (χ0n) is 12.6. The van der Waals surface area contributed by atoms with Gasteiger partial charge in [-0.2, -0.15) is 0 Å². The minimum absolute atomic E-state index is 0.266. The second kappa shape index (κ2) is 7.78. The van der Waals surface area contributed by atoms with E-state index < -0.39 is 25.2 Å². The topological polar surface area (TPSA) is 45.2 Å². The van der Waals surface area contributed by atoms with Crippen molar-refractivity contribution in [3.8, 4) is 5.75 Å². The van der Waals surface area contributed by atoms with Crippen LogP contribution in [0.4, 0.5) is 0 Å². The number of rotatable bonds is 7. The summed E-state index contributed by atoms with van der Waals surface area (Å²) in [6, 6.07) is 3.96. The van der Waals surface area contributed by atoms with Crippen LogP contribution in [-0.4, -0.2) is 28.1 Å². The van der Waals surface area contributed by atoms with Gasteiger partial charge in [-0.15, -0.1) is 0 Å². The first-order valence-corrected chi connectivity index (χ1v) is 11.8. The number of hydrogen-bond donors (Lipinski definition) is 0. The molecule has 0 bridgehead atoms. The molecule has 0 aliphatic heterocycles.